The molecule has 176 valence electrons. The van der Waals surface area contributed by atoms with Crippen molar-refractivity contribution in [2.24, 2.45) is 5.92 Å². The van der Waals surface area contributed by atoms with Gasteiger partial charge in [-0.2, -0.15) is 0 Å². The van der Waals surface area contributed by atoms with Gasteiger partial charge in [0.1, 0.15) is 5.75 Å². The van der Waals surface area contributed by atoms with Crippen LogP contribution in [0.25, 0.3) is 0 Å². The number of ketones is 1. The van der Waals surface area contributed by atoms with Gasteiger partial charge in [-0.1, -0.05) is 12.1 Å². The zero-order valence-corrected chi connectivity index (χ0v) is 20.7. The molecule has 2 heterocycles. The van der Waals surface area contributed by atoms with Crippen LogP contribution >= 0.6 is 10.8 Å². The lowest BCUT2D eigenvalue weighted by Gasteiger charge is -2.14. The van der Waals surface area contributed by atoms with Gasteiger partial charge in [0.05, 0.1) is 59.9 Å². The van der Waals surface area contributed by atoms with Crippen LogP contribution in [0.5, 0.6) is 17.2 Å². The van der Waals surface area contributed by atoms with Crippen molar-refractivity contribution in [1.29, 1.82) is 0 Å². The molecule has 9 heteroatoms. The Hall–Kier alpha value is -3.17. The van der Waals surface area contributed by atoms with E-state index in [9.17, 15) is 9.59 Å². The molecule has 1 fully saturated rings. The van der Waals surface area contributed by atoms with Crippen LogP contribution in [0.15, 0.2) is 65.8 Å². The van der Waals surface area contributed by atoms with E-state index in [2.05, 4.69) is 16.4 Å². The summed E-state index contributed by atoms with van der Waals surface area (Å²) < 4.78 is 16.1. The third-order valence-corrected chi connectivity index (χ3v) is 9.89. The molecule has 4 rings (SSSR count). The molecule has 2 aromatic carbocycles. The SMILES string of the molecule is COc1cc(C(=O)c2cccc(NC(=O)C3CS[S+](c4cccnc4)C3)c2)cc(OC)c1OC. The summed E-state index contributed by atoms with van der Waals surface area (Å²) in [6.07, 6.45) is 3.62. The lowest BCUT2D eigenvalue weighted by Crippen LogP contribution is -2.25. The number of pyridine rings is 1. The summed E-state index contributed by atoms with van der Waals surface area (Å²) in [7, 11) is 6.27. The molecule has 1 aromatic heterocycles. The van der Waals surface area contributed by atoms with E-state index in [0.29, 0.717) is 34.1 Å². The molecule has 2 atom stereocenters. The number of carbonyl (C=O) groups excluding carboxylic acids is 2. The third-order valence-electron chi connectivity index (χ3n) is 5.35. The second kappa shape index (κ2) is 10.8. The van der Waals surface area contributed by atoms with Crippen LogP contribution in [0.1, 0.15) is 15.9 Å². The smallest absolute Gasteiger partial charge is 0.233 e. The molecule has 0 radical (unpaired) electrons. The number of hydrogen-bond donors (Lipinski definition) is 1. The molecule has 1 N–H and O–H groups in total. The van der Waals surface area contributed by atoms with Gasteiger partial charge in [0.25, 0.3) is 0 Å². The molecule has 0 saturated carbocycles. The zero-order chi connectivity index (χ0) is 24.1. The number of anilines is 1. The summed E-state index contributed by atoms with van der Waals surface area (Å²) in [4.78, 5) is 31.5. The number of aromatic nitrogens is 1. The molecule has 2 unspecified atom stereocenters. The standard InChI is InChI=1S/C25H24N2O5S2/c1-30-21-11-17(12-22(31-2)24(21)32-3)23(28)16-6-4-7-19(10-16)27-25(29)18-14-33-34(15-18)20-8-5-9-26-13-20/h4-13,18H,14-15H2,1-3H3/p+1. The molecule has 7 nitrogen and oxygen atoms in total. The number of hydrogen-bond acceptors (Lipinski definition) is 7. The second-order valence-electron chi connectivity index (χ2n) is 7.50. The van der Waals surface area contributed by atoms with Crippen molar-refractivity contribution in [3.8, 4) is 17.2 Å². The van der Waals surface area contributed by atoms with Gasteiger partial charge in [-0.3, -0.25) is 14.6 Å². The molecular weight excluding hydrogens is 472 g/mol. The Labute approximate surface area is 205 Å². The minimum absolute atomic E-state index is 0.0382. The van der Waals surface area contributed by atoms with Crippen molar-refractivity contribution in [3.63, 3.8) is 0 Å². The Balaban J connectivity index is 1.48. The van der Waals surface area contributed by atoms with E-state index in [1.165, 1.54) is 26.2 Å². The highest BCUT2D eigenvalue weighted by Crippen LogP contribution is 2.39. The van der Waals surface area contributed by atoms with E-state index in [-0.39, 0.29) is 27.5 Å². The number of nitrogens with zero attached hydrogens (tertiary/aromatic N) is 1. The third kappa shape index (κ3) is 5.15. The Morgan fingerprint density at radius 1 is 1.00 bits per heavy atom. The average Bonchev–Trinajstić information content (AvgIpc) is 3.38. The molecule has 1 amide bonds. The van der Waals surface area contributed by atoms with Crippen LogP contribution in [0.4, 0.5) is 5.69 Å². The van der Waals surface area contributed by atoms with E-state index in [4.69, 9.17) is 14.2 Å². The van der Waals surface area contributed by atoms with Crippen molar-refractivity contribution in [2.75, 3.05) is 38.2 Å². The lowest BCUT2D eigenvalue weighted by molar-refractivity contribution is -0.118. The largest absolute Gasteiger partial charge is 0.493 e. The molecule has 1 saturated heterocycles. The molecule has 3 aromatic rings. The number of amides is 1. The fourth-order valence-corrected chi connectivity index (χ4v) is 8.29. The van der Waals surface area contributed by atoms with Crippen LogP contribution in [-0.4, -0.2) is 49.5 Å². The normalized spacial score (nSPS) is 17.1. The lowest BCUT2D eigenvalue weighted by atomic mass is 10.0. The number of carbonyl (C=O) groups is 2. The van der Waals surface area contributed by atoms with Gasteiger partial charge >= 0.3 is 0 Å². The first-order valence-corrected chi connectivity index (χ1v) is 13.4. The first-order chi connectivity index (χ1) is 16.5. The minimum Gasteiger partial charge on any atom is -0.493 e. The fraction of sp³-hybridized carbons (Fsp3) is 0.240. The van der Waals surface area contributed by atoms with Crippen molar-refractivity contribution < 1.29 is 23.8 Å². The van der Waals surface area contributed by atoms with Crippen LogP contribution in [0.2, 0.25) is 0 Å². The minimum atomic E-state index is -0.218. The monoisotopic (exact) mass is 497 g/mol. The van der Waals surface area contributed by atoms with Gasteiger partial charge in [-0.15, -0.1) is 0 Å². The maximum absolute atomic E-state index is 13.2. The van der Waals surface area contributed by atoms with Gasteiger partial charge in [-0.05, 0) is 36.4 Å². The number of ether oxygens (including phenoxy) is 3. The summed E-state index contributed by atoms with van der Waals surface area (Å²) in [5, 5.41) is 2.98. The van der Waals surface area contributed by atoms with Crippen molar-refractivity contribution in [2.45, 2.75) is 4.90 Å². The first-order valence-electron chi connectivity index (χ1n) is 10.5. The highest BCUT2D eigenvalue weighted by Gasteiger charge is 2.41. The van der Waals surface area contributed by atoms with E-state index >= 15 is 0 Å². The number of rotatable bonds is 8. The highest BCUT2D eigenvalue weighted by atomic mass is 33.1. The number of nitrogens with one attached hydrogen (secondary N) is 1. The maximum atomic E-state index is 13.2. The van der Waals surface area contributed by atoms with Crippen LogP contribution in [0.3, 0.4) is 0 Å². The molecule has 34 heavy (non-hydrogen) atoms. The molecule has 1 aliphatic rings. The van der Waals surface area contributed by atoms with E-state index in [0.717, 1.165) is 11.5 Å². The van der Waals surface area contributed by atoms with Crippen LogP contribution in [-0.2, 0) is 14.7 Å². The quantitative estimate of drug-likeness (QED) is 0.283. The van der Waals surface area contributed by atoms with Gasteiger partial charge < -0.3 is 19.5 Å². The molecule has 0 bridgehead atoms. The Kier molecular flexibility index (Phi) is 7.64. The van der Waals surface area contributed by atoms with Crippen LogP contribution < -0.4 is 19.5 Å². The first kappa shape index (κ1) is 24.0. The van der Waals surface area contributed by atoms with Gasteiger partial charge in [0, 0.05) is 23.0 Å². The summed E-state index contributed by atoms with van der Waals surface area (Å²) >= 11 is 0. The zero-order valence-electron chi connectivity index (χ0n) is 19.1. The number of methoxy groups -OCH3 is 3. The van der Waals surface area contributed by atoms with E-state index in [1.54, 1.807) is 53.4 Å². The highest BCUT2D eigenvalue weighted by molar-refractivity contribution is 8.74. The Morgan fingerprint density at radius 2 is 1.76 bits per heavy atom. The number of benzene rings is 2. The fourth-order valence-electron chi connectivity index (χ4n) is 3.60. The van der Waals surface area contributed by atoms with Crippen LogP contribution in [0, 0.1) is 5.92 Å². The van der Waals surface area contributed by atoms with E-state index < -0.39 is 0 Å². The average molecular weight is 498 g/mol. The van der Waals surface area contributed by atoms with Crippen molar-refractivity contribution >= 4 is 38.1 Å². The van der Waals surface area contributed by atoms with E-state index in [1.807, 2.05) is 12.3 Å². The van der Waals surface area contributed by atoms with Crippen molar-refractivity contribution in [1.82, 2.24) is 4.98 Å². The second-order valence-corrected chi connectivity index (χ2v) is 11.5. The molecule has 0 aliphatic carbocycles. The van der Waals surface area contributed by atoms with Gasteiger partial charge in [-0.25, -0.2) is 0 Å². The summed E-state index contributed by atoms with van der Waals surface area (Å²) in [6.45, 7) is 0. The Morgan fingerprint density at radius 3 is 2.41 bits per heavy atom. The summed E-state index contributed by atoms with van der Waals surface area (Å²) in [5.74, 6) is 2.41. The molecule has 0 spiro atoms. The maximum Gasteiger partial charge on any atom is 0.233 e. The topological polar surface area (TPSA) is 86.8 Å². The summed E-state index contributed by atoms with van der Waals surface area (Å²) in [6, 6.07) is 14.2. The summed E-state index contributed by atoms with van der Waals surface area (Å²) in [5.41, 5.74) is 1.43. The molecule has 1 aliphatic heterocycles. The van der Waals surface area contributed by atoms with Crippen molar-refractivity contribution in [3.05, 3.63) is 72.1 Å². The van der Waals surface area contributed by atoms with Gasteiger partial charge in [0.15, 0.2) is 22.2 Å². The molecular formula is C25H25N2O5S2+. The Bertz CT molecular complexity index is 1160. The predicted octanol–water partition coefficient (Wildman–Crippen LogP) is 4.23. The predicted molar refractivity (Wildman–Crippen MR) is 135 cm³/mol. The van der Waals surface area contributed by atoms with Gasteiger partial charge in [0.2, 0.25) is 11.7 Å².